The first-order chi connectivity index (χ1) is 37.2. The Morgan fingerprint density at radius 3 is 0.718 bits per heavy atom. The van der Waals surface area contributed by atoms with E-state index in [1.807, 2.05) is 36.4 Å². The van der Waals surface area contributed by atoms with Gasteiger partial charge >= 0.3 is 0 Å². The Hall–Kier alpha value is -6.51. The highest BCUT2D eigenvalue weighted by atomic mass is 31.0. The average molecular weight is 1080 g/mol. The molecular weight excluding hydrogens is 995 g/mol. The standard InChI is InChI=1S/C71H80O5P2/c1-43-25-17-26-44(2)59(43)51-33-21-34-52(60-45(3)27-18-28-46(60)4)63(51)70(41-77,65-55(73-13)37-23-38-56(65)74-14)68(9,10)67(72)69(11,12)71(42-78,66-57(75-15)39-24-40-58(66)76-16)64-53(61-47(5)29-19-30-48(61)6)35-22-36-54(64)62-49(7)31-20-32-50(62)8/h17-40H,41-42,77-78H2,1-16H3. The smallest absolute Gasteiger partial charge is 0.146 e. The van der Waals surface area contributed by atoms with Crippen LogP contribution in [0.1, 0.15) is 94.5 Å². The minimum Gasteiger partial charge on any atom is -0.496 e. The number of methoxy groups -OCH3 is 4. The molecule has 0 radical (unpaired) electrons. The molecule has 0 bridgehead atoms. The van der Waals surface area contributed by atoms with Gasteiger partial charge in [-0.3, -0.25) is 4.79 Å². The molecule has 0 saturated carbocycles. The van der Waals surface area contributed by atoms with E-state index in [4.69, 9.17) is 18.9 Å². The van der Waals surface area contributed by atoms with Gasteiger partial charge in [0.1, 0.15) is 28.8 Å². The van der Waals surface area contributed by atoms with E-state index in [1.165, 1.54) is 0 Å². The molecule has 0 fully saturated rings. The van der Waals surface area contributed by atoms with Crippen molar-refractivity contribution in [2.24, 2.45) is 10.8 Å². The number of rotatable bonds is 18. The average Bonchev–Trinajstić information content (AvgIpc) is 2.84. The fourth-order valence-electron chi connectivity index (χ4n) is 13.9. The van der Waals surface area contributed by atoms with Crippen molar-refractivity contribution < 1.29 is 23.7 Å². The molecule has 8 aromatic rings. The normalized spacial score (nSPS) is 13.4. The summed E-state index contributed by atoms with van der Waals surface area (Å²) >= 11 is 0. The van der Waals surface area contributed by atoms with Crippen LogP contribution in [0.5, 0.6) is 23.0 Å². The maximum absolute atomic E-state index is 18.3. The van der Waals surface area contributed by atoms with Crippen LogP contribution >= 0.6 is 18.5 Å². The molecule has 4 unspecified atom stereocenters. The second-order valence-electron chi connectivity index (χ2n) is 22.4. The van der Waals surface area contributed by atoms with Crippen LogP contribution in [0.2, 0.25) is 0 Å². The number of ketones is 1. The Balaban J connectivity index is 1.65. The molecule has 0 spiro atoms. The Morgan fingerprint density at radius 2 is 0.526 bits per heavy atom. The number of Topliss-reactive ketones (excluding diaryl/α,β-unsaturated/α-hetero) is 1. The van der Waals surface area contributed by atoms with Gasteiger partial charge in [-0.2, -0.15) is 0 Å². The van der Waals surface area contributed by atoms with Crippen molar-refractivity contribution in [3.05, 3.63) is 212 Å². The van der Waals surface area contributed by atoms with Crippen LogP contribution in [-0.4, -0.2) is 46.5 Å². The van der Waals surface area contributed by atoms with Crippen LogP contribution in [0.4, 0.5) is 0 Å². The van der Waals surface area contributed by atoms with E-state index in [9.17, 15) is 0 Å². The van der Waals surface area contributed by atoms with Gasteiger partial charge in [0, 0.05) is 32.8 Å². The summed E-state index contributed by atoms with van der Waals surface area (Å²) in [5.74, 6) is 2.52. The second-order valence-corrected chi connectivity index (χ2v) is 23.2. The van der Waals surface area contributed by atoms with Crippen LogP contribution < -0.4 is 18.9 Å². The predicted molar refractivity (Wildman–Crippen MR) is 335 cm³/mol. The van der Waals surface area contributed by atoms with Gasteiger partial charge in [0.25, 0.3) is 0 Å². The summed E-state index contributed by atoms with van der Waals surface area (Å²) < 4.78 is 26.4. The topological polar surface area (TPSA) is 54.0 Å². The van der Waals surface area contributed by atoms with Crippen LogP contribution in [0, 0.1) is 66.2 Å². The van der Waals surface area contributed by atoms with Crippen LogP contribution in [0.15, 0.2) is 146 Å². The number of hydrogen-bond donors (Lipinski definition) is 0. The van der Waals surface area contributed by atoms with E-state index in [0.717, 1.165) is 111 Å². The van der Waals surface area contributed by atoms with Crippen LogP contribution in [0.25, 0.3) is 44.5 Å². The zero-order chi connectivity index (χ0) is 56.6. The number of aryl methyl sites for hydroxylation is 8. The van der Waals surface area contributed by atoms with Crippen molar-refractivity contribution in [2.45, 2.75) is 93.9 Å². The summed E-state index contributed by atoms with van der Waals surface area (Å²) in [4.78, 5) is 18.3. The summed E-state index contributed by atoms with van der Waals surface area (Å²) in [5.41, 5.74) is 16.3. The zero-order valence-electron chi connectivity index (χ0n) is 49.0. The van der Waals surface area contributed by atoms with Crippen molar-refractivity contribution >= 4 is 24.3 Å². The van der Waals surface area contributed by atoms with Crippen molar-refractivity contribution in [1.29, 1.82) is 0 Å². The van der Waals surface area contributed by atoms with Crippen LogP contribution in [0.3, 0.4) is 0 Å². The Morgan fingerprint density at radius 1 is 0.333 bits per heavy atom. The SMILES string of the molecule is COc1cccc(OC)c1C(CP)(c1c(-c2c(C)cccc2C)cccc1-c1c(C)cccc1C)C(C)(C)C(=O)C(C)(C)C(CP)(c1c(OC)cccc1OC)c1c(-c2c(C)cccc2C)cccc1-c1c(C)cccc1C. The molecule has 0 aliphatic heterocycles. The van der Waals surface area contributed by atoms with E-state index in [1.54, 1.807) is 28.4 Å². The fourth-order valence-corrected chi connectivity index (χ4v) is 15.8. The molecule has 4 atom stereocenters. The zero-order valence-corrected chi connectivity index (χ0v) is 51.3. The first-order valence-corrected chi connectivity index (χ1v) is 28.8. The minimum atomic E-state index is -1.31. The molecule has 0 saturated heterocycles. The van der Waals surface area contributed by atoms with Gasteiger partial charge in [-0.1, -0.05) is 149 Å². The number of hydrogen-bond acceptors (Lipinski definition) is 5. The molecule has 0 amide bonds. The lowest BCUT2D eigenvalue weighted by Crippen LogP contribution is -2.60. The molecule has 0 aliphatic carbocycles. The number of carbonyl (C=O) groups excluding carboxylic acids is 1. The number of carbonyl (C=O) groups is 1. The van der Waals surface area contributed by atoms with Gasteiger partial charge in [-0.05, 0) is 192 Å². The third-order valence-electron chi connectivity index (χ3n) is 17.6. The van der Waals surface area contributed by atoms with Gasteiger partial charge in [0.05, 0.1) is 28.4 Å². The lowest BCUT2D eigenvalue weighted by atomic mass is 9.47. The van der Waals surface area contributed by atoms with Crippen molar-refractivity contribution in [3.63, 3.8) is 0 Å². The summed E-state index contributed by atoms with van der Waals surface area (Å²) in [5, 5.41) is 0. The monoisotopic (exact) mass is 1070 g/mol. The Bertz CT molecular complexity index is 3070. The predicted octanol–water partition coefficient (Wildman–Crippen LogP) is 17.5. The minimum absolute atomic E-state index is 0.0216. The molecule has 404 valence electrons. The summed E-state index contributed by atoms with van der Waals surface area (Å²) in [6, 6.07) is 51.5. The molecule has 78 heavy (non-hydrogen) atoms. The molecule has 7 heteroatoms. The van der Waals surface area contributed by atoms with Gasteiger partial charge in [0.15, 0.2) is 0 Å². The first kappa shape index (κ1) is 57.7. The molecular formula is C71H80O5P2. The van der Waals surface area contributed by atoms with E-state index in [0.29, 0.717) is 35.3 Å². The molecule has 8 aromatic carbocycles. The largest absolute Gasteiger partial charge is 0.496 e. The fraction of sp³-hybridized carbons (Fsp3) is 0.310. The quantitative estimate of drug-likeness (QED) is 0.0802. The van der Waals surface area contributed by atoms with Crippen molar-refractivity contribution in [3.8, 4) is 67.5 Å². The molecule has 8 rings (SSSR count). The highest BCUT2D eigenvalue weighted by Crippen LogP contribution is 2.65. The number of ether oxygens (including phenoxy) is 4. The van der Waals surface area contributed by atoms with Gasteiger partial charge in [0.2, 0.25) is 0 Å². The van der Waals surface area contributed by atoms with E-state index < -0.39 is 21.7 Å². The number of benzene rings is 8. The van der Waals surface area contributed by atoms with E-state index in [-0.39, 0.29) is 5.78 Å². The Kier molecular flexibility index (Phi) is 16.8. The highest BCUT2D eigenvalue weighted by molar-refractivity contribution is 7.16. The van der Waals surface area contributed by atoms with Gasteiger partial charge in [-0.25, -0.2) is 0 Å². The second kappa shape index (κ2) is 22.7. The molecule has 5 nitrogen and oxygen atoms in total. The molecule has 0 aliphatic rings. The van der Waals surface area contributed by atoms with Crippen molar-refractivity contribution in [1.82, 2.24) is 0 Å². The van der Waals surface area contributed by atoms with Gasteiger partial charge < -0.3 is 18.9 Å². The molecule has 0 N–H and O–H groups in total. The first-order valence-electron chi connectivity index (χ1n) is 27.1. The maximum Gasteiger partial charge on any atom is 0.146 e. The maximum atomic E-state index is 18.3. The summed E-state index contributed by atoms with van der Waals surface area (Å²) in [6.45, 7) is 26.3. The third-order valence-corrected chi connectivity index (χ3v) is 18.8. The van der Waals surface area contributed by atoms with Gasteiger partial charge in [-0.15, -0.1) is 18.5 Å². The molecule has 0 aromatic heterocycles. The molecule has 0 heterocycles. The lowest BCUT2D eigenvalue weighted by molar-refractivity contribution is -0.141. The lowest BCUT2D eigenvalue weighted by Gasteiger charge is -2.56. The van der Waals surface area contributed by atoms with E-state index >= 15 is 4.79 Å². The highest BCUT2D eigenvalue weighted by Gasteiger charge is 2.64. The van der Waals surface area contributed by atoms with Crippen LogP contribution in [-0.2, 0) is 15.6 Å². The summed E-state index contributed by atoms with van der Waals surface area (Å²) in [6.07, 6.45) is 0.799. The Labute approximate surface area is 471 Å². The summed E-state index contributed by atoms with van der Waals surface area (Å²) in [7, 11) is 13.2. The van der Waals surface area contributed by atoms with E-state index in [2.05, 4.69) is 211 Å². The van der Waals surface area contributed by atoms with Crippen molar-refractivity contribution in [2.75, 3.05) is 40.8 Å². The third kappa shape index (κ3) is 9.08.